The smallest absolute Gasteiger partial charge is 0.251 e. The molecule has 0 saturated carbocycles. The van der Waals surface area contributed by atoms with E-state index in [-0.39, 0.29) is 18.0 Å². The van der Waals surface area contributed by atoms with Gasteiger partial charge in [-0.2, -0.15) is 4.68 Å². The quantitative estimate of drug-likeness (QED) is 0.487. The Morgan fingerprint density at radius 3 is 2.85 bits per heavy atom. The van der Waals surface area contributed by atoms with Crippen molar-refractivity contribution in [1.82, 2.24) is 35.5 Å². The van der Waals surface area contributed by atoms with Crippen molar-refractivity contribution in [3.8, 4) is 5.69 Å². The van der Waals surface area contributed by atoms with Crippen molar-refractivity contribution in [1.29, 1.82) is 0 Å². The molecule has 0 saturated heterocycles. The fourth-order valence-electron chi connectivity index (χ4n) is 2.22. The summed E-state index contributed by atoms with van der Waals surface area (Å²) in [5, 5.41) is 14.3. The lowest BCUT2D eigenvalue weighted by atomic mass is 10.3. The van der Waals surface area contributed by atoms with E-state index in [1.54, 1.807) is 18.5 Å². The van der Waals surface area contributed by atoms with Gasteiger partial charge >= 0.3 is 0 Å². The van der Waals surface area contributed by atoms with Crippen LogP contribution < -0.4 is 10.9 Å². The summed E-state index contributed by atoms with van der Waals surface area (Å²) in [5.74, 6) is 0.311. The molecule has 0 spiro atoms. The number of nitrogens with one attached hydrogen (secondary N) is 2. The maximum atomic E-state index is 12.3. The van der Waals surface area contributed by atoms with Crippen molar-refractivity contribution < 1.29 is 4.79 Å². The molecule has 2 heterocycles. The van der Waals surface area contributed by atoms with Crippen molar-refractivity contribution in [3.63, 3.8) is 0 Å². The molecule has 0 aliphatic heterocycles. The minimum Gasteiger partial charge on any atom is -0.348 e. The van der Waals surface area contributed by atoms with Crippen molar-refractivity contribution in [2.24, 2.45) is 0 Å². The zero-order valence-corrected chi connectivity index (χ0v) is 15.0. The van der Waals surface area contributed by atoms with Crippen molar-refractivity contribution in [2.75, 3.05) is 0 Å². The van der Waals surface area contributed by atoms with Gasteiger partial charge in [0.05, 0.1) is 17.5 Å². The molecular formula is C16H17N7O2S. The summed E-state index contributed by atoms with van der Waals surface area (Å²) in [4.78, 5) is 30.6. The summed E-state index contributed by atoms with van der Waals surface area (Å²) in [6.07, 6.45) is 0. The zero-order chi connectivity index (χ0) is 18.5. The van der Waals surface area contributed by atoms with Crippen LogP contribution in [0.4, 0.5) is 0 Å². The van der Waals surface area contributed by atoms with E-state index in [1.807, 2.05) is 30.3 Å². The van der Waals surface area contributed by atoms with Crippen LogP contribution in [0.15, 0.2) is 46.3 Å². The van der Waals surface area contributed by atoms with E-state index in [1.165, 1.54) is 17.8 Å². The summed E-state index contributed by atoms with van der Waals surface area (Å²) < 4.78 is 1.57. The molecule has 3 rings (SSSR count). The normalized spacial score (nSPS) is 11.9. The first kappa shape index (κ1) is 17.8. The van der Waals surface area contributed by atoms with Gasteiger partial charge in [0.2, 0.25) is 5.91 Å². The first-order valence-electron chi connectivity index (χ1n) is 7.88. The van der Waals surface area contributed by atoms with Crippen molar-refractivity contribution >= 4 is 17.7 Å². The maximum absolute atomic E-state index is 12.3. The van der Waals surface area contributed by atoms with Crippen LogP contribution in [0.5, 0.6) is 0 Å². The average Bonchev–Trinajstić information content (AvgIpc) is 3.08. The molecule has 10 heteroatoms. The first-order valence-corrected chi connectivity index (χ1v) is 8.76. The molecule has 0 radical (unpaired) electrons. The highest BCUT2D eigenvalue weighted by Crippen LogP contribution is 2.18. The molecule has 0 bridgehead atoms. The molecule has 1 amide bonds. The molecule has 1 atom stereocenters. The van der Waals surface area contributed by atoms with Crippen LogP contribution in [0, 0.1) is 6.92 Å². The summed E-state index contributed by atoms with van der Waals surface area (Å²) in [5.41, 5.74) is 1.17. The second-order valence-electron chi connectivity index (χ2n) is 5.51. The topological polar surface area (TPSA) is 118 Å². The molecule has 2 N–H and O–H groups in total. The number of aromatic amines is 1. The third kappa shape index (κ3) is 4.33. The van der Waals surface area contributed by atoms with Crippen molar-refractivity contribution in [3.05, 3.63) is 58.3 Å². The number of aromatic nitrogens is 6. The van der Waals surface area contributed by atoms with Crippen LogP contribution in [0.25, 0.3) is 5.69 Å². The van der Waals surface area contributed by atoms with E-state index in [0.29, 0.717) is 16.7 Å². The molecule has 0 aliphatic rings. The summed E-state index contributed by atoms with van der Waals surface area (Å²) in [6, 6.07) is 10.8. The highest BCUT2D eigenvalue weighted by atomic mass is 32.2. The maximum Gasteiger partial charge on any atom is 0.251 e. The number of hydrogen-bond donors (Lipinski definition) is 2. The van der Waals surface area contributed by atoms with Gasteiger partial charge in [0, 0.05) is 11.8 Å². The van der Waals surface area contributed by atoms with Crippen molar-refractivity contribution in [2.45, 2.75) is 30.8 Å². The van der Waals surface area contributed by atoms with Crippen LogP contribution >= 0.6 is 11.8 Å². The Morgan fingerprint density at radius 2 is 2.12 bits per heavy atom. The highest BCUT2D eigenvalue weighted by Gasteiger charge is 2.17. The van der Waals surface area contributed by atoms with Gasteiger partial charge in [-0.05, 0) is 36.4 Å². The zero-order valence-electron chi connectivity index (χ0n) is 14.2. The van der Waals surface area contributed by atoms with Gasteiger partial charge in [-0.1, -0.05) is 30.0 Å². The lowest BCUT2D eigenvalue weighted by Gasteiger charge is -2.11. The predicted octanol–water partition coefficient (Wildman–Crippen LogP) is 0.851. The second kappa shape index (κ2) is 7.91. The molecule has 1 aromatic carbocycles. The van der Waals surface area contributed by atoms with Gasteiger partial charge in [-0.25, -0.2) is 4.98 Å². The fourth-order valence-corrected chi connectivity index (χ4v) is 3.11. The lowest BCUT2D eigenvalue weighted by molar-refractivity contribution is -0.120. The number of aryl methyl sites for hydroxylation is 1. The minimum absolute atomic E-state index is 0.184. The summed E-state index contributed by atoms with van der Waals surface area (Å²) in [6.45, 7) is 3.65. The molecule has 9 nitrogen and oxygen atoms in total. The second-order valence-corrected chi connectivity index (χ2v) is 6.84. The number of H-pyrrole nitrogens is 1. The Kier molecular flexibility index (Phi) is 5.42. The molecule has 26 heavy (non-hydrogen) atoms. The summed E-state index contributed by atoms with van der Waals surface area (Å²) in [7, 11) is 0. The monoisotopic (exact) mass is 371 g/mol. The Hall–Kier alpha value is -3.01. The molecule has 134 valence electrons. The number of para-hydroxylation sites is 1. The van der Waals surface area contributed by atoms with Gasteiger partial charge in [0.1, 0.15) is 0 Å². The average molecular weight is 371 g/mol. The van der Waals surface area contributed by atoms with Crippen LogP contribution in [-0.4, -0.2) is 41.3 Å². The number of carbonyl (C=O) groups is 1. The number of thioether (sulfide) groups is 1. The lowest BCUT2D eigenvalue weighted by Crippen LogP contribution is -2.31. The van der Waals surface area contributed by atoms with Gasteiger partial charge in [0.15, 0.2) is 11.0 Å². The van der Waals surface area contributed by atoms with E-state index in [2.05, 4.69) is 30.8 Å². The van der Waals surface area contributed by atoms with Gasteiger partial charge in [-0.15, -0.1) is 5.10 Å². The number of carbonyl (C=O) groups excluding carboxylic acids is 1. The highest BCUT2D eigenvalue weighted by molar-refractivity contribution is 8.00. The molecule has 0 aliphatic carbocycles. The Balaban J connectivity index is 1.62. The molecule has 2 aromatic heterocycles. The number of benzene rings is 1. The number of hydrogen-bond acceptors (Lipinski definition) is 7. The van der Waals surface area contributed by atoms with Crippen LogP contribution in [-0.2, 0) is 11.3 Å². The van der Waals surface area contributed by atoms with Crippen LogP contribution in [0.3, 0.4) is 0 Å². The number of nitrogens with zero attached hydrogens (tertiary/aromatic N) is 5. The molecule has 0 fully saturated rings. The van der Waals surface area contributed by atoms with Gasteiger partial charge < -0.3 is 10.3 Å². The Morgan fingerprint density at radius 1 is 1.35 bits per heavy atom. The SMILES string of the molecule is Cc1cc(=O)[nH]c(S[C@@H](C)C(=O)NCc2nnnn2-c2ccccc2)n1. The molecule has 3 aromatic rings. The third-order valence-electron chi connectivity index (χ3n) is 3.46. The van der Waals surface area contributed by atoms with Gasteiger partial charge in [0.25, 0.3) is 5.56 Å². The number of rotatable bonds is 6. The predicted molar refractivity (Wildman–Crippen MR) is 95.9 cm³/mol. The first-order chi connectivity index (χ1) is 12.5. The molecule has 0 unspecified atom stereocenters. The fraction of sp³-hybridized carbons (Fsp3) is 0.250. The third-order valence-corrected chi connectivity index (χ3v) is 4.45. The van der Waals surface area contributed by atoms with Crippen LogP contribution in [0.1, 0.15) is 18.4 Å². The van der Waals surface area contributed by atoms with E-state index in [0.717, 1.165) is 5.69 Å². The Labute approximate surface area is 153 Å². The van der Waals surface area contributed by atoms with E-state index < -0.39 is 5.25 Å². The van der Waals surface area contributed by atoms with E-state index in [4.69, 9.17) is 0 Å². The number of amides is 1. The number of tetrazole rings is 1. The van der Waals surface area contributed by atoms with E-state index >= 15 is 0 Å². The largest absolute Gasteiger partial charge is 0.348 e. The van der Waals surface area contributed by atoms with Crippen LogP contribution in [0.2, 0.25) is 0 Å². The van der Waals surface area contributed by atoms with E-state index in [9.17, 15) is 9.59 Å². The standard InChI is InChI=1S/C16H17N7O2S/c1-10-8-14(24)19-16(18-10)26-11(2)15(25)17-9-13-20-21-22-23(13)12-6-4-3-5-7-12/h3-8,11H,9H2,1-2H3,(H,17,25)(H,18,19,24)/t11-/m0/s1. The van der Waals surface area contributed by atoms with Gasteiger partial charge in [-0.3, -0.25) is 9.59 Å². The Bertz CT molecular complexity index is 954. The minimum atomic E-state index is -0.444. The molecular weight excluding hydrogens is 354 g/mol. The summed E-state index contributed by atoms with van der Waals surface area (Å²) >= 11 is 1.18.